The van der Waals surface area contributed by atoms with E-state index in [1.165, 1.54) is 57.8 Å². The zero-order valence-electron chi connectivity index (χ0n) is 24.8. The molecule has 4 saturated heterocycles. The molecule has 0 radical (unpaired) electrons. The van der Waals surface area contributed by atoms with Crippen molar-refractivity contribution in [3.05, 3.63) is 0 Å². The molecule has 0 aromatic carbocycles. The summed E-state index contributed by atoms with van der Waals surface area (Å²) in [5.74, 6) is 9.34. The quantitative estimate of drug-likeness (QED) is 0.195. The number of hydrogen-bond donors (Lipinski definition) is 1. The summed E-state index contributed by atoms with van der Waals surface area (Å²) in [7, 11) is 0. The molecule has 0 aromatic heterocycles. The minimum absolute atomic E-state index is 0.103. The normalized spacial score (nSPS) is 43.2. The zero-order chi connectivity index (χ0) is 26.8. The molecular formula is C33H55NO4. The molecular weight excluding hydrogens is 474 g/mol. The van der Waals surface area contributed by atoms with Gasteiger partial charge in [-0.05, 0) is 82.1 Å². The molecule has 216 valence electrons. The standard InChI is InChI=1S/C33H55NO4/c1-5-6-7-8-9-10-11-12-14-26(34-20-13-15-27(34)23-35)21-30-25(3)29-17-16-24(2)28-18-19-32(4)22-31(36-30)33(28,29)38-37-32/h24-31,35H,5-11,13,15-23H2,1-4H3/t24-,25-,26-,27+,28+,29+,30-,31-,32+,33-/m1/s1. The number of fused-ring (bicyclic) bond motifs is 2. The summed E-state index contributed by atoms with van der Waals surface area (Å²) in [5.41, 5.74) is -0.528. The van der Waals surface area contributed by atoms with Crippen molar-refractivity contribution < 1.29 is 19.6 Å². The van der Waals surface area contributed by atoms with Gasteiger partial charge in [0.2, 0.25) is 0 Å². The van der Waals surface area contributed by atoms with E-state index in [1.54, 1.807) is 0 Å². The van der Waals surface area contributed by atoms with Crippen LogP contribution >= 0.6 is 0 Å². The lowest BCUT2D eigenvalue weighted by Gasteiger charge is -2.61. The average molecular weight is 530 g/mol. The first-order valence-corrected chi connectivity index (χ1v) is 16.3. The highest BCUT2D eigenvalue weighted by molar-refractivity contribution is 5.16. The van der Waals surface area contributed by atoms with Gasteiger partial charge in [0.05, 0.1) is 24.9 Å². The number of ether oxygens (including phenoxy) is 1. The van der Waals surface area contributed by atoms with Crippen LogP contribution in [-0.2, 0) is 14.5 Å². The van der Waals surface area contributed by atoms with Gasteiger partial charge < -0.3 is 9.84 Å². The summed E-state index contributed by atoms with van der Waals surface area (Å²) in [6.07, 6.45) is 17.9. The largest absolute Gasteiger partial charge is 0.395 e. The van der Waals surface area contributed by atoms with Crippen molar-refractivity contribution >= 4 is 0 Å². The van der Waals surface area contributed by atoms with Crippen LogP contribution in [0, 0.1) is 35.5 Å². The highest BCUT2D eigenvalue weighted by Crippen LogP contribution is 2.61. The van der Waals surface area contributed by atoms with Crippen LogP contribution in [0.25, 0.3) is 0 Å². The van der Waals surface area contributed by atoms with Gasteiger partial charge in [0.1, 0.15) is 11.2 Å². The molecule has 6 rings (SSSR count). The van der Waals surface area contributed by atoms with Gasteiger partial charge in [0, 0.05) is 25.3 Å². The Hall–Kier alpha value is -0.640. The van der Waals surface area contributed by atoms with Crippen molar-refractivity contribution in [1.82, 2.24) is 4.90 Å². The Morgan fingerprint density at radius 3 is 2.63 bits per heavy atom. The fraction of sp³-hybridized carbons (Fsp3) is 0.939. The predicted octanol–water partition coefficient (Wildman–Crippen LogP) is 6.66. The van der Waals surface area contributed by atoms with Gasteiger partial charge in [0.15, 0.2) is 0 Å². The molecule has 4 heterocycles. The Labute approximate surface area is 232 Å². The fourth-order valence-electron chi connectivity index (χ4n) is 8.95. The van der Waals surface area contributed by atoms with Crippen LogP contribution in [0.15, 0.2) is 0 Å². The summed E-state index contributed by atoms with van der Waals surface area (Å²) < 4.78 is 7.14. The third kappa shape index (κ3) is 5.60. The second-order valence-corrected chi connectivity index (χ2v) is 13.8. The maximum atomic E-state index is 10.1. The highest BCUT2D eigenvalue weighted by Gasteiger charge is 2.68. The summed E-state index contributed by atoms with van der Waals surface area (Å²) in [4.78, 5) is 15.2. The van der Waals surface area contributed by atoms with Crippen molar-refractivity contribution in [3.8, 4) is 11.8 Å². The van der Waals surface area contributed by atoms with Gasteiger partial charge in [-0.1, -0.05) is 58.8 Å². The van der Waals surface area contributed by atoms with E-state index in [-0.39, 0.29) is 42.1 Å². The van der Waals surface area contributed by atoms with Crippen LogP contribution in [-0.4, -0.2) is 58.7 Å². The summed E-state index contributed by atoms with van der Waals surface area (Å²) in [5, 5.41) is 10.1. The van der Waals surface area contributed by atoms with E-state index in [1.807, 2.05) is 0 Å². The Morgan fingerprint density at radius 1 is 1.00 bits per heavy atom. The number of nitrogens with zero attached hydrogens (tertiary/aromatic N) is 1. The molecule has 0 amide bonds. The SMILES string of the molecule is CCCCCCCCC#C[C@H](C[C@H]1O[C@@H]2C[C@]3(C)CC[C@H]4[C@H](C)CC[C@@H]([C@H]1C)[C@@]24OO3)N1CCC[C@H]1CO. The van der Waals surface area contributed by atoms with Gasteiger partial charge in [-0.25, -0.2) is 9.78 Å². The number of likely N-dealkylation sites (tertiary alicyclic amines) is 1. The van der Waals surface area contributed by atoms with Crippen molar-refractivity contribution in [2.24, 2.45) is 23.7 Å². The second-order valence-electron chi connectivity index (χ2n) is 13.8. The second kappa shape index (κ2) is 12.5. The molecule has 0 aromatic rings. The molecule has 1 N–H and O–H groups in total. The van der Waals surface area contributed by atoms with Crippen molar-refractivity contribution in [2.75, 3.05) is 13.2 Å². The van der Waals surface area contributed by atoms with Crippen LogP contribution in [0.3, 0.4) is 0 Å². The minimum atomic E-state index is -0.288. The Balaban J connectivity index is 1.31. The highest BCUT2D eigenvalue weighted by atomic mass is 17.2. The topological polar surface area (TPSA) is 51.2 Å². The Morgan fingerprint density at radius 2 is 1.82 bits per heavy atom. The van der Waals surface area contributed by atoms with Gasteiger partial charge in [0.25, 0.3) is 0 Å². The molecule has 6 aliphatic rings. The van der Waals surface area contributed by atoms with E-state index >= 15 is 0 Å². The molecule has 10 atom stereocenters. The molecule has 4 aliphatic heterocycles. The maximum absolute atomic E-state index is 10.1. The van der Waals surface area contributed by atoms with Crippen LogP contribution < -0.4 is 0 Å². The zero-order valence-corrected chi connectivity index (χ0v) is 24.8. The van der Waals surface area contributed by atoms with Crippen molar-refractivity contribution in [3.63, 3.8) is 0 Å². The lowest BCUT2D eigenvalue weighted by atomic mass is 9.55. The van der Waals surface area contributed by atoms with E-state index in [0.29, 0.717) is 23.7 Å². The summed E-state index contributed by atoms with van der Waals surface area (Å²) >= 11 is 0. The Bertz CT molecular complexity index is 839. The average Bonchev–Trinajstić information content (AvgIpc) is 3.27. The third-order valence-corrected chi connectivity index (χ3v) is 11.2. The lowest BCUT2D eigenvalue weighted by Crippen LogP contribution is -2.69. The number of aliphatic hydroxyl groups is 1. The fourth-order valence-corrected chi connectivity index (χ4v) is 8.95. The van der Waals surface area contributed by atoms with E-state index < -0.39 is 0 Å². The number of aliphatic hydroxyl groups excluding tert-OH is 1. The smallest absolute Gasteiger partial charge is 0.136 e. The number of unbranched alkanes of at least 4 members (excludes halogenated alkanes) is 6. The van der Waals surface area contributed by atoms with Gasteiger partial charge in [-0.2, -0.15) is 0 Å². The first-order chi connectivity index (χ1) is 18.4. The van der Waals surface area contributed by atoms with Crippen LogP contribution in [0.1, 0.15) is 124 Å². The van der Waals surface area contributed by atoms with Crippen LogP contribution in [0.4, 0.5) is 0 Å². The monoisotopic (exact) mass is 529 g/mol. The summed E-state index contributed by atoms with van der Waals surface area (Å²) in [6, 6.07) is 0.392. The summed E-state index contributed by atoms with van der Waals surface area (Å²) in [6.45, 7) is 10.6. The maximum Gasteiger partial charge on any atom is 0.136 e. The van der Waals surface area contributed by atoms with Gasteiger partial charge in [-0.3, -0.25) is 4.90 Å². The molecule has 38 heavy (non-hydrogen) atoms. The first kappa shape index (κ1) is 28.9. The van der Waals surface area contributed by atoms with Crippen molar-refractivity contribution in [2.45, 2.75) is 160 Å². The molecule has 2 saturated carbocycles. The number of hydrogen-bond acceptors (Lipinski definition) is 5. The van der Waals surface area contributed by atoms with Crippen molar-refractivity contribution in [1.29, 1.82) is 0 Å². The molecule has 6 fully saturated rings. The molecule has 2 bridgehead atoms. The third-order valence-electron chi connectivity index (χ3n) is 11.2. The minimum Gasteiger partial charge on any atom is -0.395 e. The molecule has 2 aliphatic carbocycles. The Kier molecular flexibility index (Phi) is 9.48. The predicted molar refractivity (Wildman–Crippen MR) is 151 cm³/mol. The molecule has 5 nitrogen and oxygen atoms in total. The first-order valence-electron chi connectivity index (χ1n) is 16.3. The van der Waals surface area contributed by atoms with E-state index in [0.717, 1.165) is 45.1 Å². The van der Waals surface area contributed by atoms with E-state index in [2.05, 4.69) is 44.4 Å². The number of rotatable bonds is 10. The van der Waals surface area contributed by atoms with Crippen LogP contribution in [0.2, 0.25) is 0 Å². The van der Waals surface area contributed by atoms with Gasteiger partial charge in [-0.15, -0.1) is 5.92 Å². The molecule has 5 heteroatoms. The van der Waals surface area contributed by atoms with Gasteiger partial charge >= 0.3 is 0 Å². The van der Waals surface area contributed by atoms with E-state index in [9.17, 15) is 5.11 Å². The molecule has 0 unspecified atom stereocenters. The van der Waals surface area contributed by atoms with Crippen LogP contribution in [0.5, 0.6) is 0 Å². The lowest BCUT2D eigenvalue weighted by molar-refractivity contribution is -0.487. The molecule has 1 spiro atoms. The van der Waals surface area contributed by atoms with E-state index in [4.69, 9.17) is 14.5 Å².